The number of para-hydroxylation sites is 2. The van der Waals surface area contributed by atoms with E-state index >= 15 is 0 Å². The van der Waals surface area contributed by atoms with Gasteiger partial charge in [-0.05, 0) is 48.6 Å². The van der Waals surface area contributed by atoms with E-state index in [0.29, 0.717) is 18.3 Å². The van der Waals surface area contributed by atoms with Gasteiger partial charge in [0.2, 0.25) is 0 Å². The van der Waals surface area contributed by atoms with Gasteiger partial charge in [0.15, 0.2) is 16.6 Å². The number of benzene rings is 2. The zero-order chi connectivity index (χ0) is 16.1. The number of hydrogen-bond donors (Lipinski definition) is 2. The van der Waals surface area contributed by atoms with Crippen molar-refractivity contribution in [3.05, 3.63) is 48.5 Å². The van der Waals surface area contributed by atoms with Crippen molar-refractivity contribution in [3.8, 4) is 17.2 Å². The first-order chi connectivity index (χ1) is 11.2. The summed E-state index contributed by atoms with van der Waals surface area (Å²) >= 11 is 5.29. The maximum atomic E-state index is 5.87. The standard InChI is InChI=1S/C17H18N2O3S/c1-20-13-8-6-12(7-9-13)19-17(23)18-10-14-11-21-15-4-2-3-5-16(15)22-14/h2-9,14H,10-11H2,1H3,(H2,18,19,23)/t14-/m1/s1. The molecule has 5 nitrogen and oxygen atoms in total. The van der Waals surface area contributed by atoms with Crippen LogP contribution >= 0.6 is 12.2 Å². The predicted molar refractivity (Wildman–Crippen MR) is 93.6 cm³/mol. The summed E-state index contributed by atoms with van der Waals surface area (Å²) in [5.74, 6) is 2.35. The average Bonchev–Trinajstić information content (AvgIpc) is 2.60. The van der Waals surface area contributed by atoms with Crippen LogP contribution in [0.25, 0.3) is 0 Å². The summed E-state index contributed by atoms with van der Waals surface area (Å²) in [5, 5.41) is 6.80. The molecule has 1 atom stereocenters. The quantitative estimate of drug-likeness (QED) is 0.841. The Balaban J connectivity index is 1.47. The molecule has 0 bridgehead atoms. The van der Waals surface area contributed by atoms with E-state index in [9.17, 15) is 0 Å². The summed E-state index contributed by atoms with van der Waals surface area (Å²) in [7, 11) is 1.64. The molecule has 0 saturated carbocycles. The van der Waals surface area contributed by atoms with Gasteiger partial charge in [0, 0.05) is 5.69 Å². The van der Waals surface area contributed by atoms with Crippen LogP contribution < -0.4 is 24.8 Å². The number of rotatable bonds is 4. The summed E-state index contributed by atoms with van der Waals surface area (Å²) in [6, 6.07) is 15.2. The second-order valence-electron chi connectivity index (χ2n) is 5.06. The fourth-order valence-electron chi connectivity index (χ4n) is 2.22. The van der Waals surface area contributed by atoms with Crippen LogP contribution in [0.5, 0.6) is 17.2 Å². The highest BCUT2D eigenvalue weighted by Crippen LogP contribution is 2.30. The van der Waals surface area contributed by atoms with Crippen LogP contribution in [-0.2, 0) is 0 Å². The van der Waals surface area contributed by atoms with Gasteiger partial charge >= 0.3 is 0 Å². The smallest absolute Gasteiger partial charge is 0.170 e. The Morgan fingerprint density at radius 3 is 2.65 bits per heavy atom. The second-order valence-corrected chi connectivity index (χ2v) is 5.47. The lowest BCUT2D eigenvalue weighted by atomic mass is 10.2. The lowest BCUT2D eigenvalue weighted by Crippen LogP contribution is -2.42. The van der Waals surface area contributed by atoms with Crippen molar-refractivity contribution in [2.24, 2.45) is 0 Å². The highest BCUT2D eigenvalue weighted by Gasteiger charge is 2.20. The average molecular weight is 330 g/mol. The third-order valence-electron chi connectivity index (χ3n) is 3.41. The molecule has 0 spiro atoms. The molecule has 2 aromatic carbocycles. The van der Waals surface area contributed by atoms with Gasteiger partial charge in [-0.15, -0.1) is 0 Å². The van der Waals surface area contributed by atoms with Gasteiger partial charge in [-0.25, -0.2) is 0 Å². The first kappa shape index (κ1) is 15.4. The van der Waals surface area contributed by atoms with Crippen LogP contribution in [0.15, 0.2) is 48.5 Å². The highest BCUT2D eigenvalue weighted by molar-refractivity contribution is 7.80. The lowest BCUT2D eigenvalue weighted by molar-refractivity contribution is 0.0939. The molecule has 2 N–H and O–H groups in total. The van der Waals surface area contributed by atoms with Crippen LogP contribution in [-0.4, -0.2) is 31.5 Å². The molecule has 1 heterocycles. The molecule has 0 amide bonds. The number of methoxy groups -OCH3 is 1. The molecule has 0 fully saturated rings. The lowest BCUT2D eigenvalue weighted by Gasteiger charge is -2.27. The van der Waals surface area contributed by atoms with Crippen molar-refractivity contribution in [2.75, 3.05) is 25.6 Å². The van der Waals surface area contributed by atoms with Crippen LogP contribution in [0.2, 0.25) is 0 Å². The van der Waals surface area contributed by atoms with Crippen LogP contribution in [0.3, 0.4) is 0 Å². The highest BCUT2D eigenvalue weighted by atomic mass is 32.1. The summed E-state index contributed by atoms with van der Waals surface area (Å²) in [6.07, 6.45) is -0.0829. The molecule has 0 saturated heterocycles. The van der Waals surface area contributed by atoms with E-state index < -0.39 is 0 Å². The molecule has 0 aromatic heterocycles. The monoisotopic (exact) mass is 330 g/mol. The first-order valence-electron chi connectivity index (χ1n) is 7.32. The SMILES string of the molecule is COc1ccc(NC(=S)NC[C@@H]2COc3ccccc3O2)cc1. The third kappa shape index (κ3) is 4.04. The van der Waals surface area contributed by atoms with E-state index in [0.717, 1.165) is 22.9 Å². The molecular weight excluding hydrogens is 312 g/mol. The minimum atomic E-state index is -0.0829. The van der Waals surface area contributed by atoms with Crippen molar-refractivity contribution in [1.82, 2.24) is 5.32 Å². The second kappa shape index (κ2) is 7.19. The number of anilines is 1. The van der Waals surface area contributed by atoms with Crippen molar-refractivity contribution < 1.29 is 14.2 Å². The van der Waals surface area contributed by atoms with Crippen LogP contribution in [0.4, 0.5) is 5.69 Å². The normalized spacial score (nSPS) is 15.6. The maximum Gasteiger partial charge on any atom is 0.170 e. The van der Waals surface area contributed by atoms with Crippen molar-refractivity contribution in [2.45, 2.75) is 6.10 Å². The van der Waals surface area contributed by atoms with Crippen molar-refractivity contribution >= 4 is 23.0 Å². The van der Waals surface area contributed by atoms with Gasteiger partial charge in [-0.1, -0.05) is 12.1 Å². The van der Waals surface area contributed by atoms with Gasteiger partial charge in [0.25, 0.3) is 0 Å². The molecule has 6 heteroatoms. The summed E-state index contributed by atoms with van der Waals surface area (Å²) in [6.45, 7) is 1.06. The Hall–Kier alpha value is -2.47. The Bertz CT molecular complexity index is 676. The molecule has 0 unspecified atom stereocenters. The minimum Gasteiger partial charge on any atom is -0.497 e. The summed E-state index contributed by atoms with van der Waals surface area (Å²) in [4.78, 5) is 0. The molecule has 2 aromatic rings. The summed E-state index contributed by atoms with van der Waals surface area (Å²) in [5.41, 5.74) is 0.898. The van der Waals surface area contributed by atoms with Gasteiger partial charge in [-0.2, -0.15) is 0 Å². The maximum absolute atomic E-state index is 5.87. The van der Waals surface area contributed by atoms with Crippen molar-refractivity contribution in [3.63, 3.8) is 0 Å². The predicted octanol–water partition coefficient (Wildman–Crippen LogP) is 2.82. The van der Waals surface area contributed by atoms with Crippen molar-refractivity contribution in [1.29, 1.82) is 0 Å². The fourth-order valence-corrected chi connectivity index (χ4v) is 2.42. The first-order valence-corrected chi connectivity index (χ1v) is 7.73. The Kier molecular flexibility index (Phi) is 4.83. The molecule has 1 aliphatic rings. The molecule has 23 heavy (non-hydrogen) atoms. The van der Waals surface area contributed by atoms with E-state index in [-0.39, 0.29) is 6.10 Å². The largest absolute Gasteiger partial charge is 0.497 e. The molecule has 3 rings (SSSR count). The zero-order valence-electron chi connectivity index (χ0n) is 12.7. The Labute approximate surface area is 140 Å². The van der Waals surface area contributed by atoms with Crippen LogP contribution in [0, 0.1) is 0 Å². The van der Waals surface area contributed by atoms with Gasteiger partial charge in [0.1, 0.15) is 18.5 Å². The molecule has 0 radical (unpaired) electrons. The minimum absolute atomic E-state index is 0.0829. The molecular formula is C17H18N2O3S. The van der Waals surface area contributed by atoms with Gasteiger partial charge in [-0.3, -0.25) is 0 Å². The Morgan fingerprint density at radius 2 is 1.91 bits per heavy atom. The third-order valence-corrected chi connectivity index (χ3v) is 3.65. The Morgan fingerprint density at radius 1 is 1.17 bits per heavy atom. The number of hydrogen-bond acceptors (Lipinski definition) is 4. The van der Waals surface area contributed by atoms with Gasteiger partial charge in [0.05, 0.1) is 13.7 Å². The number of ether oxygens (including phenoxy) is 3. The zero-order valence-corrected chi connectivity index (χ0v) is 13.6. The molecule has 0 aliphatic carbocycles. The van der Waals surface area contributed by atoms with E-state index in [2.05, 4.69) is 10.6 Å². The van der Waals surface area contributed by atoms with Gasteiger partial charge < -0.3 is 24.8 Å². The molecule has 1 aliphatic heterocycles. The number of thiocarbonyl (C=S) groups is 1. The van der Waals surface area contributed by atoms with E-state index in [4.69, 9.17) is 26.4 Å². The molecule has 120 valence electrons. The number of nitrogens with one attached hydrogen (secondary N) is 2. The number of fused-ring (bicyclic) bond motifs is 1. The van der Waals surface area contributed by atoms with E-state index in [1.54, 1.807) is 7.11 Å². The fraction of sp³-hybridized carbons (Fsp3) is 0.235. The van der Waals surface area contributed by atoms with Crippen LogP contribution in [0.1, 0.15) is 0 Å². The van der Waals surface area contributed by atoms with E-state index in [1.165, 1.54) is 0 Å². The van der Waals surface area contributed by atoms with E-state index in [1.807, 2.05) is 48.5 Å². The topological polar surface area (TPSA) is 51.8 Å². The summed E-state index contributed by atoms with van der Waals surface area (Å²) < 4.78 is 16.7.